The van der Waals surface area contributed by atoms with E-state index in [0.29, 0.717) is 6.42 Å². The molecule has 0 bridgehead atoms. The van der Waals surface area contributed by atoms with Crippen molar-refractivity contribution in [2.24, 2.45) is 0 Å². The van der Waals surface area contributed by atoms with Crippen molar-refractivity contribution in [1.29, 1.82) is 0 Å². The minimum Gasteiger partial charge on any atom is -0.388 e. The summed E-state index contributed by atoms with van der Waals surface area (Å²) in [6.07, 6.45) is 1.93. The number of aryl methyl sites for hydroxylation is 1. The summed E-state index contributed by atoms with van der Waals surface area (Å²) >= 11 is 0. The van der Waals surface area contributed by atoms with Gasteiger partial charge < -0.3 is 5.11 Å². The molecule has 2 aromatic carbocycles. The predicted molar refractivity (Wildman–Crippen MR) is 81.6 cm³/mol. The summed E-state index contributed by atoms with van der Waals surface area (Å²) in [6, 6.07) is 18.1. The molecular weight excluding hydrogens is 246 g/mol. The average Bonchev–Trinajstić information content (AvgIpc) is 2.47. The molecule has 0 saturated carbocycles. The van der Waals surface area contributed by atoms with Crippen LogP contribution in [0.1, 0.15) is 22.8 Å². The Hall–Kier alpha value is -2.19. The summed E-state index contributed by atoms with van der Waals surface area (Å²) in [5.41, 5.74) is 4.27. The number of hydrogen-bond donors (Lipinski definition) is 1. The molecule has 0 amide bonds. The third-order valence-corrected chi connectivity index (χ3v) is 3.52. The fourth-order valence-electron chi connectivity index (χ4n) is 2.48. The smallest absolute Gasteiger partial charge is 0.0830 e. The van der Waals surface area contributed by atoms with Crippen molar-refractivity contribution in [2.45, 2.75) is 19.4 Å². The maximum absolute atomic E-state index is 10.4. The first kappa shape index (κ1) is 12.8. The van der Waals surface area contributed by atoms with Crippen LogP contribution in [0.5, 0.6) is 0 Å². The zero-order chi connectivity index (χ0) is 13.9. The second kappa shape index (κ2) is 5.43. The first-order valence-corrected chi connectivity index (χ1v) is 6.81. The SMILES string of the molecule is Cc1cccc(CC(O)c2ccc3ncccc3c2)c1. The first-order chi connectivity index (χ1) is 9.72. The molecule has 1 heterocycles. The van der Waals surface area contributed by atoms with E-state index in [2.05, 4.69) is 30.1 Å². The summed E-state index contributed by atoms with van der Waals surface area (Å²) in [7, 11) is 0. The molecule has 2 nitrogen and oxygen atoms in total. The molecule has 0 aliphatic carbocycles. The van der Waals surface area contributed by atoms with Crippen molar-refractivity contribution in [2.75, 3.05) is 0 Å². The predicted octanol–water partition coefficient (Wildman–Crippen LogP) is 3.82. The maximum Gasteiger partial charge on any atom is 0.0830 e. The van der Waals surface area contributed by atoms with E-state index in [1.807, 2.05) is 36.4 Å². The van der Waals surface area contributed by atoms with Gasteiger partial charge in [-0.15, -0.1) is 0 Å². The maximum atomic E-state index is 10.4. The number of benzene rings is 2. The van der Waals surface area contributed by atoms with E-state index in [0.717, 1.165) is 22.0 Å². The average molecular weight is 263 g/mol. The number of nitrogens with zero attached hydrogens (tertiary/aromatic N) is 1. The number of aromatic nitrogens is 1. The van der Waals surface area contributed by atoms with Gasteiger partial charge in [-0.1, -0.05) is 42.0 Å². The lowest BCUT2D eigenvalue weighted by Gasteiger charge is -2.12. The molecule has 1 aromatic heterocycles. The fourth-order valence-corrected chi connectivity index (χ4v) is 2.48. The largest absolute Gasteiger partial charge is 0.388 e. The molecule has 0 fully saturated rings. The molecule has 1 N–H and O–H groups in total. The monoisotopic (exact) mass is 263 g/mol. The first-order valence-electron chi connectivity index (χ1n) is 6.81. The van der Waals surface area contributed by atoms with Gasteiger partial charge in [-0.05, 0) is 36.2 Å². The van der Waals surface area contributed by atoms with Crippen molar-refractivity contribution >= 4 is 10.9 Å². The Kier molecular flexibility index (Phi) is 3.48. The highest BCUT2D eigenvalue weighted by molar-refractivity contribution is 5.79. The van der Waals surface area contributed by atoms with Crippen LogP contribution in [0.15, 0.2) is 60.8 Å². The molecule has 3 aromatic rings. The molecule has 0 saturated heterocycles. The van der Waals surface area contributed by atoms with Crippen LogP contribution in [0.25, 0.3) is 10.9 Å². The van der Waals surface area contributed by atoms with E-state index in [4.69, 9.17) is 0 Å². The minimum absolute atomic E-state index is 0.485. The van der Waals surface area contributed by atoms with Gasteiger partial charge in [-0.2, -0.15) is 0 Å². The third-order valence-electron chi connectivity index (χ3n) is 3.52. The standard InChI is InChI=1S/C18H17NO/c1-13-4-2-5-14(10-13)11-18(20)16-7-8-17-15(12-16)6-3-9-19-17/h2-10,12,18,20H,11H2,1H3. The number of rotatable bonds is 3. The van der Waals surface area contributed by atoms with Crippen LogP contribution in [0.3, 0.4) is 0 Å². The van der Waals surface area contributed by atoms with Gasteiger partial charge in [0, 0.05) is 18.0 Å². The summed E-state index contributed by atoms with van der Waals surface area (Å²) in [4.78, 5) is 4.30. The van der Waals surface area contributed by atoms with E-state index < -0.39 is 6.10 Å². The summed E-state index contributed by atoms with van der Waals surface area (Å²) in [6.45, 7) is 2.07. The molecule has 20 heavy (non-hydrogen) atoms. The van der Waals surface area contributed by atoms with Gasteiger partial charge >= 0.3 is 0 Å². The lowest BCUT2D eigenvalue weighted by molar-refractivity contribution is 0.178. The third kappa shape index (κ3) is 2.70. The topological polar surface area (TPSA) is 33.1 Å². The number of fused-ring (bicyclic) bond motifs is 1. The van der Waals surface area contributed by atoms with Crippen LogP contribution in [0.4, 0.5) is 0 Å². The molecule has 100 valence electrons. The highest BCUT2D eigenvalue weighted by atomic mass is 16.3. The molecule has 1 unspecified atom stereocenters. The second-order valence-electron chi connectivity index (χ2n) is 5.16. The molecular formula is C18H17NO. The van der Waals surface area contributed by atoms with Gasteiger partial charge in [0.2, 0.25) is 0 Å². The minimum atomic E-state index is -0.485. The van der Waals surface area contributed by atoms with Gasteiger partial charge in [0.15, 0.2) is 0 Å². The van der Waals surface area contributed by atoms with Crippen LogP contribution in [0.2, 0.25) is 0 Å². The summed E-state index contributed by atoms with van der Waals surface area (Å²) in [5.74, 6) is 0. The van der Waals surface area contributed by atoms with Gasteiger partial charge in [0.25, 0.3) is 0 Å². The van der Waals surface area contributed by atoms with Gasteiger partial charge in [-0.3, -0.25) is 4.98 Å². The van der Waals surface area contributed by atoms with Crippen molar-refractivity contribution < 1.29 is 5.11 Å². The lowest BCUT2D eigenvalue weighted by Crippen LogP contribution is -2.02. The molecule has 0 spiro atoms. The number of aliphatic hydroxyl groups is 1. The summed E-state index contributed by atoms with van der Waals surface area (Å²) in [5, 5.41) is 11.5. The normalized spacial score (nSPS) is 12.5. The molecule has 0 aliphatic heterocycles. The summed E-state index contributed by atoms with van der Waals surface area (Å²) < 4.78 is 0. The quantitative estimate of drug-likeness (QED) is 0.779. The van der Waals surface area contributed by atoms with Crippen molar-refractivity contribution in [3.63, 3.8) is 0 Å². The van der Waals surface area contributed by atoms with Gasteiger partial charge in [0.05, 0.1) is 11.6 Å². The zero-order valence-electron chi connectivity index (χ0n) is 11.5. The van der Waals surface area contributed by atoms with Crippen LogP contribution in [-0.4, -0.2) is 10.1 Å². The van der Waals surface area contributed by atoms with Crippen molar-refractivity contribution in [3.8, 4) is 0 Å². The van der Waals surface area contributed by atoms with Gasteiger partial charge in [0.1, 0.15) is 0 Å². The van der Waals surface area contributed by atoms with Gasteiger partial charge in [-0.25, -0.2) is 0 Å². The number of pyridine rings is 1. The van der Waals surface area contributed by atoms with Crippen molar-refractivity contribution in [3.05, 3.63) is 77.5 Å². The Bertz CT molecular complexity index is 736. The second-order valence-corrected chi connectivity index (χ2v) is 5.16. The lowest BCUT2D eigenvalue weighted by atomic mass is 9.99. The van der Waals surface area contributed by atoms with E-state index in [1.165, 1.54) is 5.56 Å². The van der Waals surface area contributed by atoms with E-state index >= 15 is 0 Å². The van der Waals surface area contributed by atoms with E-state index in [9.17, 15) is 5.11 Å². The Morgan fingerprint density at radius 1 is 1.05 bits per heavy atom. The Balaban J connectivity index is 1.86. The number of hydrogen-bond acceptors (Lipinski definition) is 2. The van der Waals surface area contributed by atoms with Crippen molar-refractivity contribution in [1.82, 2.24) is 4.98 Å². The highest BCUT2D eigenvalue weighted by Gasteiger charge is 2.09. The molecule has 3 rings (SSSR count). The molecule has 0 aliphatic rings. The Morgan fingerprint density at radius 3 is 2.80 bits per heavy atom. The Labute approximate surface area is 118 Å². The fraction of sp³-hybridized carbons (Fsp3) is 0.167. The van der Waals surface area contributed by atoms with Crippen LogP contribution in [-0.2, 0) is 6.42 Å². The van der Waals surface area contributed by atoms with Crippen LogP contribution < -0.4 is 0 Å². The number of aliphatic hydroxyl groups excluding tert-OH is 1. The zero-order valence-corrected chi connectivity index (χ0v) is 11.5. The van der Waals surface area contributed by atoms with E-state index in [1.54, 1.807) is 6.20 Å². The molecule has 0 radical (unpaired) electrons. The van der Waals surface area contributed by atoms with Crippen LogP contribution in [0, 0.1) is 6.92 Å². The van der Waals surface area contributed by atoms with E-state index in [-0.39, 0.29) is 0 Å². The highest BCUT2D eigenvalue weighted by Crippen LogP contribution is 2.22. The van der Waals surface area contributed by atoms with Crippen LogP contribution >= 0.6 is 0 Å². The Morgan fingerprint density at radius 2 is 1.95 bits per heavy atom. The molecule has 2 heteroatoms. The molecule has 1 atom stereocenters.